The van der Waals surface area contributed by atoms with E-state index in [1.54, 1.807) is 19.1 Å². The highest BCUT2D eigenvalue weighted by Crippen LogP contribution is 2.31. The lowest BCUT2D eigenvalue weighted by molar-refractivity contribution is -0.385. The van der Waals surface area contributed by atoms with Crippen LogP contribution in [-0.2, 0) is 0 Å². The lowest BCUT2D eigenvalue weighted by Gasteiger charge is -2.06. The number of aromatic nitrogens is 1. The summed E-state index contributed by atoms with van der Waals surface area (Å²) in [5.41, 5.74) is 0.240. The first kappa shape index (κ1) is 13.4. The molecule has 0 fully saturated rings. The molecule has 5 nitrogen and oxygen atoms in total. The van der Waals surface area contributed by atoms with E-state index < -0.39 is 16.4 Å². The Morgan fingerprint density at radius 3 is 2.74 bits per heavy atom. The van der Waals surface area contributed by atoms with Gasteiger partial charge in [-0.15, -0.1) is 0 Å². The van der Waals surface area contributed by atoms with Crippen LogP contribution in [0.3, 0.4) is 0 Å². The predicted molar refractivity (Wildman–Crippen MR) is 69.8 cm³/mol. The summed E-state index contributed by atoms with van der Waals surface area (Å²) in [6, 6.07) is 6.37. The molecule has 0 radical (unpaired) electrons. The fourth-order valence-electron chi connectivity index (χ4n) is 1.41. The van der Waals surface area contributed by atoms with Crippen LogP contribution in [-0.4, -0.2) is 9.91 Å². The van der Waals surface area contributed by atoms with Crippen LogP contribution < -0.4 is 4.74 Å². The van der Waals surface area contributed by atoms with Crippen molar-refractivity contribution in [2.24, 2.45) is 0 Å². The second-order valence-corrected chi connectivity index (χ2v) is 4.54. The highest BCUT2D eigenvalue weighted by molar-refractivity contribution is 9.10. The van der Waals surface area contributed by atoms with E-state index in [9.17, 15) is 14.5 Å². The molecule has 1 aromatic heterocycles. The zero-order chi connectivity index (χ0) is 14.0. The number of benzene rings is 1. The monoisotopic (exact) mass is 326 g/mol. The number of ether oxygens (including phenoxy) is 1. The van der Waals surface area contributed by atoms with Gasteiger partial charge in [-0.05, 0) is 41.1 Å². The van der Waals surface area contributed by atoms with Crippen LogP contribution in [0.25, 0.3) is 0 Å². The summed E-state index contributed by atoms with van der Waals surface area (Å²) in [6.45, 7) is 1.76. The van der Waals surface area contributed by atoms with E-state index in [2.05, 4.69) is 20.9 Å². The summed E-state index contributed by atoms with van der Waals surface area (Å²) >= 11 is 3.29. The number of nitro groups is 1. The molecular formula is C12H8BrFN2O3. The molecule has 1 heterocycles. The number of halogens is 2. The van der Waals surface area contributed by atoms with Gasteiger partial charge in [0.15, 0.2) is 0 Å². The smallest absolute Gasteiger partial charge is 0.314 e. The van der Waals surface area contributed by atoms with Crippen LogP contribution in [0.2, 0.25) is 0 Å². The molecule has 2 rings (SSSR count). The molecule has 98 valence electrons. The van der Waals surface area contributed by atoms with Gasteiger partial charge in [0.1, 0.15) is 5.82 Å². The Balaban J connectivity index is 2.37. The third-order valence-electron chi connectivity index (χ3n) is 2.33. The maximum absolute atomic E-state index is 13.0. The molecule has 2 aromatic rings. The predicted octanol–water partition coefficient (Wildman–Crippen LogP) is 3.99. The molecule has 0 atom stereocenters. The minimum Gasteiger partial charge on any atom is -0.432 e. The van der Waals surface area contributed by atoms with Crippen molar-refractivity contribution in [3.63, 3.8) is 0 Å². The molecule has 0 bridgehead atoms. The summed E-state index contributed by atoms with van der Waals surface area (Å²) in [4.78, 5) is 14.2. The van der Waals surface area contributed by atoms with E-state index in [0.29, 0.717) is 5.69 Å². The van der Waals surface area contributed by atoms with Crippen LogP contribution >= 0.6 is 15.9 Å². The van der Waals surface area contributed by atoms with E-state index in [4.69, 9.17) is 4.74 Å². The minimum atomic E-state index is -0.704. The van der Waals surface area contributed by atoms with Crippen molar-refractivity contribution >= 4 is 21.6 Å². The quantitative estimate of drug-likeness (QED) is 0.631. The van der Waals surface area contributed by atoms with Crippen molar-refractivity contribution in [3.8, 4) is 11.6 Å². The second kappa shape index (κ2) is 5.31. The van der Waals surface area contributed by atoms with Crippen molar-refractivity contribution in [3.05, 3.63) is 56.4 Å². The van der Waals surface area contributed by atoms with Gasteiger partial charge in [0, 0.05) is 10.5 Å². The number of hydrogen-bond acceptors (Lipinski definition) is 4. The third kappa shape index (κ3) is 3.05. The van der Waals surface area contributed by atoms with Crippen LogP contribution in [0.1, 0.15) is 5.69 Å². The summed E-state index contributed by atoms with van der Waals surface area (Å²) < 4.78 is 19.1. The highest BCUT2D eigenvalue weighted by Gasteiger charge is 2.17. The zero-order valence-electron chi connectivity index (χ0n) is 9.76. The first-order valence-electron chi connectivity index (χ1n) is 5.22. The van der Waals surface area contributed by atoms with Crippen molar-refractivity contribution in [1.29, 1.82) is 0 Å². The van der Waals surface area contributed by atoms with Crippen molar-refractivity contribution in [2.75, 3.05) is 0 Å². The Labute approximate surface area is 116 Å². The number of pyridine rings is 1. The lowest BCUT2D eigenvalue weighted by atomic mass is 10.3. The largest absolute Gasteiger partial charge is 0.432 e. The Hall–Kier alpha value is -2.02. The molecule has 0 unspecified atom stereocenters. The fourth-order valence-corrected chi connectivity index (χ4v) is 1.63. The first-order chi connectivity index (χ1) is 8.97. The summed E-state index contributed by atoms with van der Waals surface area (Å²) in [7, 11) is 0. The van der Waals surface area contributed by atoms with Gasteiger partial charge in [-0.25, -0.2) is 9.37 Å². The van der Waals surface area contributed by atoms with Gasteiger partial charge in [-0.1, -0.05) is 0 Å². The van der Waals surface area contributed by atoms with E-state index >= 15 is 0 Å². The molecule has 0 saturated carbocycles. The minimum absolute atomic E-state index is 0.0550. The molecule has 0 amide bonds. The van der Waals surface area contributed by atoms with Crippen LogP contribution in [0, 0.1) is 22.9 Å². The molecule has 7 heteroatoms. The van der Waals surface area contributed by atoms with Gasteiger partial charge >= 0.3 is 5.69 Å². The molecule has 0 N–H and O–H groups in total. The van der Waals surface area contributed by atoms with Gasteiger partial charge in [0.2, 0.25) is 11.6 Å². The Bertz CT molecular complexity index is 649. The van der Waals surface area contributed by atoms with E-state index in [-0.39, 0.29) is 11.6 Å². The highest BCUT2D eigenvalue weighted by atomic mass is 79.9. The zero-order valence-corrected chi connectivity index (χ0v) is 11.3. The summed E-state index contributed by atoms with van der Waals surface area (Å²) in [5.74, 6) is -0.546. The van der Waals surface area contributed by atoms with Crippen LogP contribution in [0.15, 0.2) is 34.8 Å². The maximum Gasteiger partial charge on any atom is 0.314 e. The van der Waals surface area contributed by atoms with Gasteiger partial charge in [-0.2, -0.15) is 0 Å². The van der Waals surface area contributed by atoms with Crippen molar-refractivity contribution in [1.82, 2.24) is 4.98 Å². The number of nitrogens with zero attached hydrogens (tertiary/aromatic N) is 2. The maximum atomic E-state index is 13.0. The van der Waals surface area contributed by atoms with Crippen molar-refractivity contribution < 1.29 is 14.1 Å². The lowest BCUT2D eigenvalue weighted by Crippen LogP contribution is -1.96. The SMILES string of the molecule is Cc1nc(Oc2ccc(F)cc2[N+](=O)[O-])ccc1Br. The molecule has 0 aliphatic carbocycles. The Kier molecular flexibility index (Phi) is 3.75. The summed E-state index contributed by atoms with van der Waals surface area (Å²) in [5, 5.41) is 10.8. The first-order valence-corrected chi connectivity index (χ1v) is 6.01. The number of aryl methyl sites for hydroxylation is 1. The average molecular weight is 327 g/mol. The Morgan fingerprint density at radius 1 is 1.37 bits per heavy atom. The van der Waals surface area contributed by atoms with Gasteiger partial charge in [0.05, 0.1) is 16.7 Å². The van der Waals surface area contributed by atoms with E-state index in [1.807, 2.05) is 0 Å². The molecule has 19 heavy (non-hydrogen) atoms. The fraction of sp³-hybridized carbons (Fsp3) is 0.0833. The normalized spacial score (nSPS) is 10.3. The number of nitro benzene ring substituents is 1. The van der Waals surface area contributed by atoms with Gasteiger partial charge < -0.3 is 4.74 Å². The number of rotatable bonds is 3. The molecule has 0 aliphatic heterocycles. The third-order valence-corrected chi connectivity index (χ3v) is 3.17. The van der Waals surface area contributed by atoms with Crippen LogP contribution in [0.5, 0.6) is 11.6 Å². The van der Waals surface area contributed by atoms with Gasteiger partial charge in [-0.3, -0.25) is 10.1 Å². The van der Waals surface area contributed by atoms with Gasteiger partial charge in [0.25, 0.3) is 0 Å². The second-order valence-electron chi connectivity index (χ2n) is 3.69. The molecular weight excluding hydrogens is 319 g/mol. The van der Waals surface area contributed by atoms with E-state index in [0.717, 1.165) is 16.6 Å². The number of hydrogen-bond donors (Lipinski definition) is 0. The molecule has 0 spiro atoms. The molecule has 0 saturated heterocycles. The summed E-state index contributed by atoms with van der Waals surface area (Å²) in [6.07, 6.45) is 0. The Morgan fingerprint density at radius 2 is 2.11 bits per heavy atom. The standard InChI is InChI=1S/C12H8BrFN2O3/c1-7-9(13)3-5-12(15-7)19-11-4-2-8(14)6-10(11)16(17)18/h2-6H,1H3. The topological polar surface area (TPSA) is 65.3 Å². The van der Waals surface area contributed by atoms with Crippen molar-refractivity contribution in [2.45, 2.75) is 6.92 Å². The molecule has 0 aliphatic rings. The van der Waals surface area contributed by atoms with E-state index in [1.165, 1.54) is 6.07 Å². The average Bonchev–Trinajstić information content (AvgIpc) is 2.36. The van der Waals surface area contributed by atoms with Crippen LogP contribution in [0.4, 0.5) is 10.1 Å². The molecule has 1 aromatic carbocycles.